The lowest BCUT2D eigenvalue weighted by Crippen LogP contribution is -2.35. The average molecular weight is 377 g/mol. The maximum absolute atomic E-state index is 12.9. The summed E-state index contributed by atoms with van der Waals surface area (Å²) in [6.45, 7) is 6.15. The van der Waals surface area contributed by atoms with Crippen molar-refractivity contribution in [1.82, 2.24) is 0 Å². The van der Waals surface area contributed by atoms with Crippen molar-refractivity contribution in [2.24, 2.45) is 0 Å². The van der Waals surface area contributed by atoms with Crippen LogP contribution in [0.15, 0.2) is 42.5 Å². The molecule has 2 amide bonds. The number of rotatable bonds is 4. The van der Waals surface area contributed by atoms with E-state index in [9.17, 15) is 9.59 Å². The van der Waals surface area contributed by atoms with Gasteiger partial charge in [-0.3, -0.25) is 9.59 Å². The Labute approximate surface area is 166 Å². The van der Waals surface area contributed by atoms with E-state index in [0.29, 0.717) is 5.69 Å². The molecule has 2 heterocycles. The van der Waals surface area contributed by atoms with Crippen LogP contribution in [-0.2, 0) is 9.59 Å². The molecule has 0 spiro atoms. The molecule has 0 unspecified atom stereocenters. The van der Waals surface area contributed by atoms with Crippen LogP contribution < -0.4 is 15.1 Å². The first-order chi connectivity index (χ1) is 13.5. The second-order valence-corrected chi connectivity index (χ2v) is 7.78. The number of nitrogens with zero attached hydrogens (tertiary/aromatic N) is 2. The summed E-state index contributed by atoms with van der Waals surface area (Å²) < 4.78 is 0. The fourth-order valence-electron chi connectivity index (χ4n) is 4.10. The van der Waals surface area contributed by atoms with Crippen molar-refractivity contribution in [2.45, 2.75) is 45.6 Å². The highest BCUT2D eigenvalue weighted by atomic mass is 16.2. The Hall–Kier alpha value is -2.82. The van der Waals surface area contributed by atoms with Crippen LogP contribution in [0.3, 0.4) is 0 Å². The first kappa shape index (κ1) is 18.5. The van der Waals surface area contributed by atoms with Gasteiger partial charge in [0.25, 0.3) is 5.91 Å². The third-order valence-corrected chi connectivity index (χ3v) is 5.89. The van der Waals surface area contributed by atoms with Crippen LogP contribution >= 0.6 is 0 Å². The maximum Gasteiger partial charge on any atom is 0.256 e. The Balaban J connectivity index is 1.47. The van der Waals surface area contributed by atoms with Crippen LogP contribution in [-0.4, -0.2) is 30.9 Å². The number of carbonyl (C=O) groups excluding carboxylic acids is 2. The predicted octanol–water partition coefficient (Wildman–Crippen LogP) is 4.04. The van der Waals surface area contributed by atoms with E-state index >= 15 is 0 Å². The smallest absolute Gasteiger partial charge is 0.256 e. The van der Waals surface area contributed by atoms with Crippen LogP contribution in [0.2, 0.25) is 0 Å². The molecule has 0 aliphatic carbocycles. The van der Waals surface area contributed by atoms with Gasteiger partial charge in [-0.2, -0.15) is 0 Å². The van der Waals surface area contributed by atoms with E-state index in [1.54, 1.807) is 0 Å². The lowest BCUT2D eigenvalue weighted by molar-refractivity contribution is -0.121. The van der Waals surface area contributed by atoms with Gasteiger partial charge in [0.05, 0.1) is 12.1 Å². The Morgan fingerprint density at radius 3 is 2.36 bits per heavy atom. The van der Waals surface area contributed by atoms with Crippen LogP contribution in [0.1, 0.15) is 36.8 Å². The summed E-state index contributed by atoms with van der Waals surface area (Å²) in [4.78, 5) is 29.2. The van der Waals surface area contributed by atoms with E-state index in [-0.39, 0.29) is 18.2 Å². The molecule has 2 aliphatic heterocycles. The van der Waals surface area contributed by atoms with E-state index in [2.05, 4.69) is 22.3 Å². The lowest BCUT2D eigenvalue weighted by atomic mass is 10.1. The van der Waals surface area contributed by atoms with Gasteiger partial charge in [-0.25, -0.2) is 4.90 Å². The van der Waals surface area contributed by atoms with E-state index in [4.69, 9.17) is 0 Å². The largest absolute Gasteiger partial charge is 0.373 e. The molecular formula is C23H27N3O2. The van der Waals surface area contributed by atoms with Gasteiger partial charge in [-0.05, 0) is 74.6 Å². The summed E-state index contributed by atoms with van der Waals surface area (Å²) in [6.07, 6.45) is 3.98. The lowest BCUT2D eigenvalue weighted by Gasteiger charge is -2.29. The second kappa shape index (κ2) is 7.66. The molecule has 5 heteroatoms. The number of anilines is 3. The van der Waals surface area contributed by atoms with Gasteiger partial charge in [0.1, 0.15) is 6.04 Å². The van der Waals surface area contributed by atoms with Crippen molar-refractivity contribution in [3.63, 3.8) is 0 Å². The zero-order chi connectivity index (χ0) is 19.7. The number of carbonyl (C=O) groups is 2. The maximum atomic E-state index is 12.9. The van der Waals surface area contributed by atoms with Crippen molar-refractivity contribution < 1.29 is 9.59 Å². The average Bonchev–Trinajstić information content (AvgIpc) is 2.98. The molecule has 2 aromatic carbocycles. The number of benzene rings is 2. The van der Waals surface area contributed by atoms with E-state index in [1.165, 1.54) is 29.8 Å². The van der Waals surface area contributed by atoms with Crippen molar-refractivity contribution >= 4 is 28.9 Å². The molecule has 2 aliphatic rings. The quantitative estimate of drug-likeness (QED) is 0.817. The van der Waals surface area contributed by atoms with Gasteiger partial charge in [-0.1, -0.05) is 12.1 Å². The highest BCUT2D eigenvalue weighted by Gasteiger charge is 2.40. The molecule has 2 aromatic rings. The van der Waals surface area contributed by atoms with Crippen LogP contribution in [0.4, 0.5) is 17.1 Å². The SMILES string of the molecule is Cc1cccc(N2C(=O)C[C@@H](Nc3ccc(N4CCCCC4)cc3)C2=O)c1C. The number of hydrogen-bond donors (Lipinski definition) is 1. The minimum Gasteiger partial charge on any atom is -0.373 e. The molecule has 2 fully saturated rings. The van der Waals surface area contributed by atoms with Crippen LogP contribution in [0.25, 0.3) is 0 Å². The zero-order valence-corrected chi connectivity index (χ0v) is 16.6. The molecule has 28 heavy (non-hydrogen) atoms. The number of piperidine rings is 1. The van der Waals surface area contributed by atoms with Crippen molar-refractivity contribution in [1.29, 1.82) is 0 Å². The molecule has 0 saturated carbocycles. The molecule has 146 valence electrons. The molecule has 5 nitrogen and oxygen atoms in total. The Morgan fingerprint density at radius 2 is 1.64 bits per heavy atom. The molecule has 0 bridgehead atoms. The third kappa shape index (κ3) is 3.49. The monoisotopic (exact) mass is 377 g/mol. The van der Waals surface area contributed by atoms with Gasteiger partial charge in [0.15, 0.2) is 0 Å². The number of imide groups is 1. The molecule has 0 radical (unpaired) electrons. The minimum atomic E-state index is -0.520. The number of amides is 2. The molecule has 0 aromatic heterocycles. The molecule has 2 saturated heterocycles. The van der Waals surface area contributed by atoms with E-state index < -0.39 is 6.04 Å². The summed E-state index contributed by atoms with van der Waals surface area (Å²) in [5.41, 5.74) is 4.82. The van der Waals surface area contributed by atoms with Gasteiger partial charge < -0.3 is 10.2 Å². The second-order valence-electron chi connectivity index (χ2n) is 7.78. The highest BCUT2D eigenvalue weighted by Crippen LogP contribution is 2.29. The van der Waals surface area contributed by atoms with E-state index in [1.807, 2.05) is 44.2 Å². The summed E-state index contributed by atoms with van der Waals surface area (Å²) in [7, 11) is 0. The summed E-state index contributed by atoms with van der Waals surface area (Å²) in [5.74, 6) is -0.333. The molecule has 1 N–H and O–H groups in total. The van der Waals surface area contributed by atoms with Gasteiger partial charge in [0, 0.05) is 24.5 Å². The standard InChI is InChI=1S/C23H27N3O2/c1-16-7-6-8-21(17(16)2)26-22(27)15-20(23(26)28)24-18-9-11-19(12-10-18)25-13-4-3-5-14-25/h6-12,20,24H,3-5,13-15H2,1-2H3/t20-/m1/s1. The van der Waals surface area contributed by atoms with Crippen molar-refractivity contribution in [3.05, 3.63) is 53.6 Å². The highest BCUT2D eigenvalue weighted by molar-refractivity contribution is 6.23. The Bertz CT molecular complexity index is 885. The first-order valence-electron chi connectivity index (χ1n) is 10.1. The summed E-state index contributed by atoms with van der Waals surface area (Å²) >= 11 is 0. The molecule has 1 atom stereocenters. The van der Waals surface area contributed by atoms with Crippen LogP contribution in [0.5, 0.6) is 0 Å². The topological polar surface area (TPSA) is 52.7 Å². The summed E-state index contributed by atoms with van der Waals surface area (Å²) in [5, 5.41) is 3.25. The first-order valence-corrected chi connectivity index (χ1v) is 10.1. The van der Waals surface area contributed by atoms with Gasteiger partial charge in [0.2, 0.25) is 5.91 Å². The summed E-state index contributed by atoms with van der Waals surface area (Å²) in [6, 6.07) is 13.4. The Kier molecular flexibility index (Phi) is 5.07. The van der Waals surface area contributed by atoms with Crippen molar-refractivity contribution in [2.75, 3.05) is 28.2 Å². The van der Waals surface area contributed by atoms with E-state index in [0.717, 1.165) is 29.9 Å². The number of aryl methyl sites for hydroxylation is 1. The fraction of sp³-hybridized carbons (Fsp3) is 0.391. The number of nitrogens with one attached hydrogen (secondary N) is 1. The minimum absolute atomic E-state index is 0.152. The van der Waals surface area contributed by atoms with Crippen molar-refractivity contribution in [3.8, 4) is 0 Å². The normalized spacial score (nSPS) is 20.0. The van der Waals surface area contributed by atoms with Crippen LogP contribution in [0, 0.1) is 13.8 Å². The molecule has 4 rings (SSSR count). The zero-order valence-electron chi connectivity index (χ0n) is 16.6. The third-order valence-electron chi connectivity index (χ3n) is 5.89. The molecular weight excluding hydrogens is 350 g/mol. The fourth-order valence-corrected chi connectivity index (χ4v) is 4.10. The predicted molar refractivity (Wildman–Crippen MR) is 113 cm³/mol. The number of hydrogen-bond acceptors (Lipinski definition) is 4. The Morgan fingerprint density at radius 1 is 0.929 bits per heavy atom. The van der Waals surface area contributed by atoms with Gasteiger partial charge >= 0.3 is 0 Å². The van der Waals surface area contributed by atoms with Gasteiger partial charge in [-0.15, -0.1) is 0 Å².